The van der Waals surface area contributed by atoms with Crippen molar-refractivity contribution in [2.24, 2.45) is 11.8 Å². The van der Waals surface area contributed by atoms with Gasteiger partial charge in [0.05, 0.1) is 4.90 Å². The molecule has 3 atom stereocenters. The average Bonchev–Trinajstić information content (AvgIpc) is 2.75. The SMILES string of the molecule is C=C(C[C@]1(S(=O)(=O)c2ccccc2)C(=O)[C@H]2CCC[C@@H]1C2)C[Si](C)(C)C. The molecule has 1 aromatic carbocycles. The number of carbonyl (C=O) groups excluding carboxylic acids is 1. The maximum Gasteiger partial charge on any atom is 0.191 e. The van der Waals surface area contributed by atoms with Crippen molar-refractivity contribution in [3.8, 4) is 0 Å². The van der Waals surface area contributed by atoms with Gasteiger partial charge in [-0.15, -0.1) is 6.58 Å². The Morgan fingerprint density at radius 3 is 2.42 bits per heavy atom. The summed E-state index contributed by atoms with van der Waals surface area (Å²) in [5, 5.41) is 0. The maximum absolute atomic E-state index is 13.8. The molecule has 0 amide bonds. The minimum atomic E-state index is -3.75. The van der Waals surface area contributed by atoms with E-state index in [0.717, 1.165) is 37.3 Å². The Bertz CT molecular complexity index is 807. The van der Waals surface area contributed by atoms with Crippen LogP contribution in [0.25, 0.3) is 0 Å². The minimum absolute atomic E-state index is 0.0411. The lowest BCUT2D eigenvalue weighted by Crippen LogP contribution is -2.49. The highest BCUT2D eigenvalue weighted by atomic mass is 32.2. The molecule has 0 unspecified atom stereocenters. The Hall–Kier alpha value is -1.20. The monoisotopic (exact) mass is 390 g/mol. The smallest absolute Gasteiger partial charge is 0.191 e. The van der Waals surface area contributed by atoms with Gasteiger partial charge in [0.2, 0.25) is 0 Å². The lowest BCUT2D eigenvalue weighted by Gasteiger charge is -2.35. The Labute approximate surface area is 158 Å². The van der Waals surface area contributed by atoms with E-state index in [4.69, 9.17) is 0 Å². The summed E-state index contributed by atoms with van der Waals surface area (Å²) in [4.78, 5) is 13.7. The highest BCUT2D eigenvalue weighted by Crippen LogP contribution is 2.54. The molecule has 0 aromatic heterocycles. The Balaban J connectivity index is 2.09. The predicted molar refractivity (Wildman–Crippen MR) is 109 cm³/mol. The van der Waals surface area contributed by atoms with E-state index in [1.165, 1.54) is 0 Å². The molecule has 2 aliphatic rings. The van der Waals surface area contributed by atoms with Gasteiger partial charge in [0, 0.05) is 14.0 Å². The summed E-state index contributed by atoms with van der Waals surface area (Å²) < 4.78 is 26.2. The minimum Gasteiger partial charge on any atom is -0.298 e. The van der Waals surface area contributed by atoms with Crippen LogP contribution >= 0.6 is 0 Å². The van der Waals surface area contributed by atoms with Crippen LogP contribution in [0.15, 0.2) is 47.4 Å². The summed E-state index contributed by atoms with van der Waals surface area (Å²) in [6.45, 7) is 11.0. The van der Waals surface area contributed by atoms with Crippen LogP contribution in [0, 0.1) is 11.8 Å². The first-order chi connectivity index (χ1) is 12.1. The van der Waals surface area contributed by atoms with Crippen LogP contribution in [0.3, 0.4) is 0 Å². The fourth-order valence-corrected chi connectivity index (χ4v) is 9.11. The quantitative estimate of drug-likeness (QED) is 0.514. The van der Waals surface area contributed by atoms with E-state index < -0.39 is 22.7 Å². The summed E-state index contributed by atoms with van der Waals surface area (Å²) in [6.07, 6.45) is 3.64. The molecule has 2 aliphatic carbocycles. The van der Waals surface area contributed by atoms with Crippen molar-refractivity contribution < 1.29 is 13.2 Å². The van der Waals surface area contributed by atoms with E-state index in [9.17, 15) is 13.2 Å². The molecule has 0 heterocycles. The molecular weight excluding hydrogens is 360 g/mol. The largest absolute Gasteiger partial charge is 0.298 e. The van der Waals surface area contributed by atoms with Crippen LogP contribution in [0.5, 0.6) is 0 Å². The standard InChI is InChI=1S/C21H30O3SSi/c1-16(15-26(2,3)4)14-21(18-10-8-9-17(13-18)20(21)22)25(23,24)19-11-6-5-7-12-19/h5-7,11-12,17-18H,1,8-10,13-15H2,2-4H3/t17-,18+,21+/m0/s1. The molecule has 0 aliphatic heterocycles. The fraction of sp³-hybridized carbons (Fsp3) is 0.571. The van der Waals surface area contributed by atoms with E-state index in [2.05, 4.69) is 26.2 Å². The van der Waals surface area contributed by atoms with Crippen LogP contribution in [0.1, 0.15) is 32.1 Å². The highest BCUT2D eigenvalue weighted by molar-refractivity contribution is 7.93. The predicted octanol–water partition coefficient (Wildman–Crippen LogP) is 4.87. The topological polar surface area (TPSA) is 51.2 Å². The third-order valence-corrected chi connectivity index (χ3v) is 10.0. The first-order valence-electron chi connectivity index (χ1n) is 9.58. The summed E-state index contributed by atoms with van der Waals surface area (Å²) >= 11 is 0. The van der Waals surface area contributed by atoms with Crippen molar-refractivity contribution in [3.63, 3.8) is 0 Å². The molecule has 0 N–H and O–H groups in total. The number of hydrogen-bond acceptors (Lipinski definition) is 3. The second-order valence-electron chi connectivity index (χ2n) is 9.29. The van der Waals surface area contributed by atoms with Crippen LogP contribution in [0.4, 0.5) is 0 Å². The number of Topliss-reactive ketones (excluding diaryl/α,β-unsaturated/α-hetero) is 1. The second-order valence-corrected chi connectivity index (χ2v) is 17.0. The van der Waals surface area contributed by atoms with Gasteiger partial charge < -0.3 is 0 Å². The van der Waals surface area contributed by atoms with Crippen molar-refractivity contribution in [1.82, 2.24) is 0 Å². The summed E-state index contributed by atoms with van der Waals surface area (Å²) in [5.41, 5.74) is 0.935. The molecule has 0 saturated heterocycles. The number of ketones is 1. The third-order valence-electron chi connectivity index (χ3n) is 5.95. The molecule has 3 rings (SSSR count). The van der Waals surface area contributed by atoms with Crippen molar-refractivity contribution in [3.05, 3.63) is 42.5 Å². The molecule has 0 radical (unpaired) electrons. The highest BCUT2D eigenvalue weighted by Gasteiger charge is 2.63. The van der Waals surface area contributed by atoms with Crippen molar-refractivity contribution in [1.29, 1.82) is 0 Å². The number of sulfone groups is 1. The van der Waals surface area contributed by atoms with E-state index in [1.807, 2.05) is 6.07 Å². The second kappa shape index (κ2) is 6.75. The third kappa shape index (κ3) is 3.24. The first-order valence-corrected chi connectivity index (χ1v) is 14.8. The number of carbonyl (C=O) groups is 1. The molecule has 2 fully saturated rings. The number of benzene rings is 1. The van der Waals surface area contributed by atoms with Crippen LogP contribution in [0.2, 0.25) is 25.7 Å². The van der Waals surface area contributed by atoms with E-state index in [-0.39, 0.29) is 22.5 Å². The van der Waals surface area contributed by atoms with Gasteiger partial charge in [-0.25, -0.2) is 8.42 Å². The number of fused-ring (bicyclic) bond motifs is 2. The van der Waals surface area contributed by atoms with E-state index >= 15 is 0 Å². The van der Waals surface area contributed by atoms with Gasteiger partial charge in [0.25, 0.3) is 0 Å². The molecule has 0 spiro atoms. The molecule has 5 heteroatoms. The van der Waals surface area contributed by atoms with Gasteiger partial charge in [-0.1, -0.05) is 49.8 Å². The maximum atomic E-state index is 13.8. The van der Waals surface area contributed by atoms with Gasteiger partial charge in [-0.05, 0) is 49.8 Å². The van der Waals surface area contributed by atoms with E-state index in [0.29, 0.717) is 6.42 Å². The molecule has 142 valence electrons. The van der Waals surface area contributed by atoms with Crippen molar-refractivity contribution in [2.75, 3.05) is 0 Å². The zero-order valence-electron chi connectivity index (χ0n) is 16.1. The van der Waals surface area contributed by atoms with Gasteiger partial charge in [-0.2, -0.15) is 0 Å². The Morgan fingerprint density at radius 1 is 1.19 bits per heavy atom. The fourth-order valence-electron chi connectivity index (χ4n) is 5.07. The molecular formula is C21H30O3SSi. The lowest BCUT2D eigenvalue weighted by molar-refractivity contribution is -0.122. The average molecular weight is 391 g/mol. The van der Waals surface area contributed by atoms with E-state index in [1.54, 1.807) is 24.3 Å². The normalized spacial score (nSPS) is 29.0. The van der Waals surface area contributed by atoms with Gasteiger partial charge in [0.1, 0.15) is 4.75 Å². The zero-order valence-corrected chi connectivity index (χ0v) is 17.9. The van der Waals surface area contributed by atoms with Gasteiger partial charge in [-0.3, -0.25) is 4.79 Å². The lowest BCUT2D eigenvalue weighted by atomic mass is 9.84. The van der Waals surface area contributed by atoms with Crippen LogP contribution < -0.4 is 0 Å². The molecule has 2 bridgehead atoms. The zero-order chi connectivity index (χ0) is 19.2. The summed E-state index contributed by atoms with van der Waals surface area (Å²) in [7, 11) is -5.17. The number of rotatable bonds is 6. The van der Waals surface area contributed by atoms with Crippen molar-refractivity contribution >= 4 is 23.7 Å². The van der Waals surface area contributed by atoms with Crippen LogP contribution in [-0.2, 0) is 14.6 Å². The van der Waals surface area contributed by atoms with Crippen molar-refractivity contribution in [2.45, 2.75) is 67.4 Å². The molecule has 1 aromatic rings. The Morgan fingerprint density at radius 2 is 1.85 bits per heavy atom. The molecule has 26 heavy (non-hydrogen) atoms. The van der Waals surface area contributed by atoms with Crippen LogP contribution in [-0.4, -0.2) is 27.0 Å². The van der Waals surface area contributed by atoms with Gasteiger partial charge >= 0.3 is 0 Å². The number of hydrogen-bond donors (Lipinski definition) is 0. The molecule has 2 saturated carbocycles. The number of allylic oxidation sites excluding steroid dienone is 1. The Kier molecular flexibility index (Phi) is 5.08. The van der Waals surface area contributed by atoms with Gasteiger partial charge in [0.15, 0.2) is 15.6 Å². The molecule has 3 nitrogen and oxygen atoms in total. The summed E-state index contributed by atoms with van der Waals surface area (Å²) in [5.74, 6) is -0.204. The first kappa shape index (κ1) is 19.6. The summed E-state index contributed by atoms with van der Waals surface area (Å²) in [6, 6.07) is 9.42.